The Morgan fingerprint density at radius 2 is 1.69 bits per heavy atom. The Bertz CT molecular complexity index is 381. The molecular weight excluding hydrogens is 194 g/mol. The zero-order valence-electron chi connectivity index (χ0n) is 11.1. The molecule has 1 aromatic carbocycles. The first-order valence-electron chi connectivity index (χ1n) is 6.20. The van der Waals surface area contributed by atoms with E-state index >= 15 is 0 Å². The Kier molecular flexibility index (Phi) is 2.83. The highest BCUT2D eigenvalue weighted by molar-refractivity contribution is 5.37. The molecule has 1 heteroatoms. The van der Waals surface area contributed by atoms with Gasteiger partial charge in [0.15, 0.2) is 0 Å². The normalized spacial score (nSPS) is 22.2. The standard InChI is InChI=1S/C15H23N/c1-10-6-11(2)13(12(3)7-10)9-16-14-8-15(14,4)5/h6-7,14,16H,8-9H2,1-5H3. The summed E-state index contributed by atoms with van der Waals surface area (Å²) < 4.78 is 0. The predicted octanol–water partition coefficient (Wildman–Crippen LogP) is 3.50. The lowest BCUT2D eigenvalue weighted by molar-refractivity contribution is 0.541. The van der Waals surface area contributed by atoms with Gasteiger partial charge in [0, 0.05) is 12.6 Å². The van der Waals surface area contributed by atoms with Gasteiger partial charge in [0.05, 0.1) is 0 Å². The van der Waals surface area contributed by atoms with Gasteiger partial charge < -0.3 is 5.32 Å². The lowest BCUT2D eigenvalue weighted by atomic mass is 10.00. The Morgan fingerprint density at radius 1 is 1.19 bits per heavy atom. The minimum atomic E-state index is 0.520. The molecule has 1 aliphatic rings. The van der Waals surface area contributed by atoms with E-state index in [-0.39, 0.29) is 0 Å². The quantitative estimate of drug-likeness (QED) is 0.817. The maximum atomic E-state index is 3.66. The van der Waals surface area contributed by atoms with Gasteiger partial charge in [-0.05, 0) is 49.3 Å². The van der Waals surface area contributed by atoms with Crippen LogP contribution in [0.2, 0.25) is 0 Å². The molecule has 1 fully saturated rings. The minimum absolute atomic E-state index is 0.520. The predicted molar refractivity (Wildman–Crippen MR) is 69.7 cm³/mol. The molecule has 0 radical (unpaired) electrons. The van der Waals surface area contributed by atoms with Crippen molar-refractivity contribution in [2.24, 2.45) is 5.41 Å². The molecule has 0 aromatic heterocycles. The van der Waals surface area contributed by atoms with Crippen LogP contribution >= 0.6 is 0 Å². The van der Waals surface area contributed by atoms with Gasteiger partial charge in [0.25, 0.3) is 0 Å². The van der Waals surface area contributed by atoms with Crippen LogP contribution < -0.4 is 5.32 Å². The molecule has 1 nitrogen and oxygen atoms in total. The van der Waals surface area contributed by atoms with E-state index in [1.165, 1.54) is 28.7 Å². The van der Waals surface area contributed by atoms with Crippen molar-refractivity contribution in [3.63, 3.8) is 0 Å². The molecule has 16 heavy (non-hydrogen) atoms. The van der Waals surface area contributed by atoms with Gasteiger partial charge in [0.1, 0.15) is 0 Å². The van der Waals surface area contributed by atoms with E-state index in [1.807, 2.05) is 0 Å². The molecule has 0 bridgehead atoms. The highest BCUT2D eigenvalue weighted by atomic mass is 15.0. The zero-order valence-corrected chi connectivity index (χ0v) is 11.1. The van der Waals surface area contributed by atoms with Crippen LogP contribution in [0.3, 0.4) is 0 Å². The van der Waals surface area contributed by atoms with Crippen LogP contribution in [0.1, 0.15) is 42.5 Å². The van der Waals surface area contributed by atoms with Gasteiger partial charge in [-0.2, -0.15) is 0 Å². The van der Waals surface area contributed by atoms with Crippen molar-refractivity contribution < 1.29 is 0 Å². The molecule has 2 rings (SSSR count). The van der Waals surface area contributed by atoms with Crippen molar-refractivity contribution in [1.29, 1.82) is 0 Å². The third-order valence-electron chi connectivity index (χ3n) is 3.88. The van der Waals surface area contributed by atoms with Crippen LogP contribution in [0.5, 0.6) is 0 Å². The first-order chi connectivity index (χ1) is 7.40. The van der Waals surface area contributed by atoms with Crippen LogP contribution in [0.15, 0.2) is 12.1 Å². The zero-order chi connectivity index (χ0) is 11.9. The molecule has 0 amide bonds. The second kappa shape index (κ2) is 3.89. The topological polar surface area (TPSA) is 12.0 Å². The highest BCUT2D eigenvalue weighted by Crippen LogP contribution is 2.44. The summed E-state index contributed by atoms with van der Waals surface area (Å²) in [6.07, 6.45) is 1.32. The van der Waals surface area contributed by atoms with E-state index in [1.54, 1.807) is 0 Å². The second-order valence-electron chi connectivity index (χ2n) is 6.00. The summed E-state index contributed by atoms with van der Waals surface area (Å²) in [6, 6.07) is 5.28. The van der Waals surface area contributed by atoms with Gasteiger partial charge in [-0.15, -0.1) is 0 Å². The fourth-order valence-corrected chi connectivity index (χ4v) is 2.53. The van der Waals surface area contributed by atoms with Crippen molar-refractivity contribution in [1.82, 2.24) is 5.32 Å². The summed E-state index contributed by atoms with van der Waals surface area (Å²) in [5.41, 5.74) is 6.21. The molecule has 88 valence electrons. The summed E-state index contributed by atoms with van der Waals surface area (Å²) >= 11 is 0. The van der Waals surface area contributed by atoms with Crippen molar-refractivity contribution in [3.05, 3.63) is 34.4 Å². The van der Waals surface area contributed by atoms with E-state index in [2.05, 4.69) is 52.1 Å². The number of hydrogen-bond acceptors (Lipinski definition) is 1. The average Bonchev–Trinajstić information content (AvgIpc) is 2.72. The summed E-state index contributed by atoms with van der Waals surface area (Å²) in [5, 5.41) is 3.66. The van der Waals surface area contributed by atoms with Crippen molar-refractivity contribution in [3.8, 4) is 0 Å². The van der Waals surface area contributed by atoms with E-state index < -0.39 is 0 Å². The highest BCUT2D eigenvalue weighted by Gasteiger charge is 2.45. The first-order valence-corrected chi connectivity index (χ1v) is 6.20. The van der Waals surface area contributed by atoms with E-state index in [0.29, 0.717) is 11.5 Å². The fraction of sp³-hybridized carbons (Fsp3) is 0.600. The van der Waals surface area contributed by atoms with E-state index in [0.717, 1.165) is 6.54 Å². The maximum Gasteiger partial charge on any atom is 0.0213 e. The van der Waals surface area contributed by atoms with Gasteiger partial charge in [0.2, 0.25) is 0 Å². The van der Waals surface area contributed by atoms with Gasteiger partial charge in [-0.3, -0.25) is 0 Å². The molecule has 0 heterocycles. The number of nitrogens with one attached hydrogen (secondary N) is 1. The SMILES string of the molecule is Cc1cc(C)c(CNC2CC2(C)C)c(C)c1. The van der Waals surface area contributed by atoms with Crippen LogP contribution in [0.25, 0.3) is 0 Å². The Morgan fingerprint density at radius 3 is 2.12 bits per heavy atom. The van der Waals surface area contributed by atoms with Crippen LogP contribution in [-0.2, 0) is 6.54 Å². The summed E-state index contributed by atoms with van der Waals surface area (Å²) in [7, 11) is 0. The first kappa shape index (κ1) is 11.7. The molecule has 1 aliphatic carbocycles. The number of aryl methyl sites for hydroxylation is 3. The van der Waals surface area contributed by atoms with Crippen LogP contribution in [0.4, 0.5) is 0 Å². The van der Waals surface area contributed by atoms with E-state index in [9.17, 15) is 0 Å². The van der Waals surface area contributed by atoms with Crippen LogP contribution in [-0.4, -0.2) is 6.04 Å². The van der Waals surface area contributed by atoms with Crippen molar-refractivity contribution in [2.75, 3.05) is 0 Å². The second-order valence-corrected chi connectivity index (χ2v) is 6.00. The Labute approximate surface area is 99.3 Å². The monoisotopic (exact) mass is 217 g/mol. The largest absolute Gasteiger partial charge is 0.309 e. The molecule has 1 saturated carbocycles. The molecule has 1 atom stereocenters. The number of benzene rings is 1. The summed E-state index contributed by atoms with van der Waals surface area (Å²) in [4.78, 5) is 0. The van der Waals surface area contributed by atoms with Crippen molar-refractivity contribution in [2.45, 2.75) is 53.6 Å². The van der Waals surface area contributed by atoms with Gasteiger partial charge in [-0.1, -0.05) is 31.5 Å². The Hall–Kier alpha value is -0.820. The number of rotatable bonds is 3. The Balaban J connectivity index is 2.05. The van der Waals surface area contributed by atoms with E-state index in [4.69, 9.17) is 0 Å². The number of hydrogen-bond donors (Lipinski definition) is 1. The summed E-state index contributed by atoms with van der Waals surface area (Å²) in [5.74, 6) is 0. The molecule has 0 aliphatic heterocycles. The summed E-state index contributed by atoms with van der Waals surface area (Å²) in [6.45, 7) is 12.3. The molecule has 1 aromatic rings. The third kappa shape index (κ3) is 2.30. The van der Waals surface area contributed by atoms with Crippen LogP contribution in [0, 0.1) is 26.2 Å². The average molecular weight is 217 g/mol. The lowest BCUT2D eigenvalue weighted by Crippen LogP contribution is -2.21. The maximum absolute atomic E-state index is 3.66. The molecule has 0 spiro atoms. The van der Waals surface area contributed by atoms with Gasteiger partial charge in [-0.25, -0.2) is 0 Å². The molecule has 0 saturated heterocycles. The third-order valence-corrected chi connectivity index (χ3v) is 3.88. The smallest absolute Gasteiger partial charge is 0.0213 e. The minimum Gasteiger partial charge on any atom is -0.309 e. The molecule has 1 unspecified atom stereocenters. The molecule has 1 N–H and O–H groups in total. The molecular formula is C15H23N. The fourth-order valence-electron chi connectivity index (χ4n) is 2.53. The van der Waals surface area contributed by atoms with Gasteiger partial charge >= 0.3 is 0 Å². The lowest BCUT2D eigenvalue weighted by Gasteiger charge is -2.13. The van der Waals surface area contributed by atoms with Crippen molar-refractivity contribution >= 4 is 0 Å².